The largest absolute Gasteiger partial charge is 0.349 e. The van der Waals surface area contributed by atoms with Gasteiger partial charge in [-0.2, -0.15) is 0 Å². The van der Waals surface area contributed by atoms with Gasteiger partial charge in [-0.25, -0.2) is 0 Å². The Kier molecular flexibility index (Phi) is 5.05. The van der Waals surface area contributed by atoms with Crippen LogP contribution in [0.25, 0.3) is 0 Å². The summed E-state index contributed by atoms with van der Waals surface area (Å²) in [4.78, 5) is 25.3. The Morgan fingerprint density at radius 2 is 2.00 bits per heavy atom. The van der Waals surface area contributed by atoms with E-state index in [1.54, 1.807) is 30.0 Å². The van der Waals surface area contributed by atoms with E-state index in [1.807, 2.05) is 0 Å². The third-order valence-corrected chi connectivity index (χ3v) is 4.27. The minimum Gasteiger partial charge on any atom is -0.349 e. The summed E-state index contributed by atoms with van der Waals surface area (Å²) in [6.07, 6.45) is 1.55. The van der Waals surface area contributed by atoms with Crippen molar-refractivity contribution in [3.05, 3.63) is 33.3 Å². The number of nitrogens with zero attached hydrogens (tertiary/aromatic N) is 1. The number of benzene rings is 1. The molecule has 2 rings (SSSR count). The number of hydrogen-bond donors (Lipinski definition) is 1. The Morgan fingerprint density at radius 3 is 2.60 bits per heavy atom. The molecule has 0 bridgehead atoms. The number of likely N-dealkylation sites (tertiary alicyclic amines) is 1. The smallest absolute Gasteiger partial charge is 0.253 e. The molecule has 0 atom stereocenters. The van der Waals surface area contributed by atoms with Gasteiger partial charge in [0.15, 0.2) is 0 Å². The van der Waals surface area contributed by atoms with Crippen LogP contribution in [0.2, 0.25) is 5.02 Å². The minimum atomic E-state index is -0.169. The van der Waals surface area contributed by atoms with Gasteiger partial charge in [0, 0.05) is 30.5 Å². The highest BCUT2D eigenvalue weighted by Gasteiger charge is 2.23. The van der Waals surface area contributed by atoms with Crippen LogP contribution in [0.5, 0.6) is 0 Å². The Labute approximate surface area is 131 Å². The van der Waals surface area contributed by atoms with Crippen LogP contribution in [0.1, 0.15) is 30.1 Å². The molecule has 1 aliphatic rings. The lowest BCUT2D eigenvalue weighted by atomic mass is 10.0. The van der Waals surface area contributed by atoms with Crippen molar-refractivity contribution in [3.63, 3.8) is 0 Å². The first kappa shape index (κ1) is 15.3. The first-order valence-corrected chi connectivity index (χ1v) is 7.66. The van der Waals surface area contributed by atoms with E-state index < -0.39 is 0 Å². The fourth-order valence-corrected chi connectivity index (χ4v) is 2.84. The Balaban J connectivity index is 1.96. The molecule has 1 aliphatic heterocycles. The van der Waals surface area contributed by atoms with Crippen LogP contribution < -0.4 is 5.32 Å². The third kappa shape index (κ3) is 3.73. The zero-order chi connectivity index (χ0) is 14.7. The highest BCUT2D eigenvalue weighted by Crippen LogP contribution is 2.21. The fourth-order valence-electron chi connectivity index (χ4n) is 2.27. The van der Waals surface area contributed by atoms with Crippen molar-refractivity contribution in [2.45, 2.75) is 25.8 Å². The lowest BCUT2D eigenvalue weighted by molar-refractivity contribution is -0.129. The number of rotatable bonds is 2. The topological polar surface area (TPSA) is 49.4 Å². The normalized spacial score (nSPS) is 16.1. The first-order chi connectivity index (χ1) is 9.47. The van der Waals surface area contributed by atoms with Gasteiger partial charge in [0.1, 0.15) is 0 Å². The zero-order valence-electron chi connectivity index (χ0n) is 11.2. The van der Waals surface area contributed by atoms with Gasteiger partial charge in [-0.1, -0.05) is 27.5 Å². The maximum Gasteiger partial charge on any atom is 0.253 e. The van der Waals surface area contributed by atoms with E-state index in [1.165, 1.54) is 0 Å². The molecular formula is C14H16BrClN2O2. The second-order valence-electron chi connectivity index (χ2n) is 4.88. The van der Waals surface area contributed by atoms with Crippen molar-refractivity contribution < 1.29 is 9.59 Å². The first-order valence-electron chi connectivity index (χ1n) is 6.49. The molecule has 4 nitrogen and oxygen atoms in total. The highest BCUT2D eigenvalue weighted by atomic mass is 79.9. The van der Waals surface area contributed by atoms with E-state index in [9.17, 15) is 9.59 Å². The van der Waals surface area contributed by atoms with Gasteiger partial charge in [-0.15, -0.1) is 0 Å². The third-order valence-electron chi connectivity index (χ3n) is 3.45. The predicted molar refractivity (Wildman–Crippen MR) is 81.9 cm³/mol. The maximum atomic E-state index is 12.2. The molecule has 1 fully saturated rings. The number of nitrogens with one attached hydrogen (secondary N) is 1. The van der Waals surface area contributed by atoms with Gasteiger partial charge in [0.05, 0.1) is 10.6 Å². The van der Waals surface area contributed by atoms with Crippen LogP contribution in [0.4, 0.5) is 0 Å². The van der Waals surface area contributed by atoms with Crippen molar-refractivity contribution in [2.24, 2.45) is 0 Å². The maximum absolute atomic E-state index is 12.2. The molecule has 0 radical (unpaired) electrons. The summed E-state index contributed by atoms with van der Waals surface area (Å²) in [5.41, 5.74) is 0.468. The number of carbonyl (C=O) groups is 2. The van der Waals surface area contributed by atoms with Crippen LogP contribution in [0.15, 0.2) is 22.7 Å². The van der Waals surface area contributed by atoms with Gasteiger partial charge in [0.25, 0.3) is 5.91 Å². The monoisotopic (exact) mass is 358 g/mol. The molecule has 2 amide bonds. The molecule has 1 saturated heterocycles. The molecule has 108 valence electrons. The number of carbonyl (C=O) groups excluding carboxylic acids is 2. The molecule has 0 unspecified atom stereocenters. The molecule has 1 aromatic carbocycles. The summed E-state index contributed by atoms with van der Waals surface area (Å²) >= 11 is 9.37. The lowest BCUT2D eigenvalue weighted by Crippen LogP contribution is -2.46. The Morgan fingerprint density at radius 1 is 1.35 bits per heavy atom. The summed E-state index contributed by atoms with van der Waals surface area (Å²) in [6.45, 7) is 2.94. The second kappa shape index (κ2) is 6.59. The Bertz CT molecular complexity index is 528. The van der Waals surface area contributed by atoms with Gasteiger partial charge in [-0.05, 0) is 31.0 Å². The molecule has 6 heteroatoms. The Hall–Kier alpha value is -1.07. The van der Waals surface area contributed by atoms with E-state index in [0.717, 1.165) is 17.3 Å². The summed E-state index contributed by atoms with van der Waals surface area (Å²) < 4.78 is 0.818. The quantitative estimate of drug-likeness (QED) is 0.883. The highest BCUT2D eigenvalue weighted by molar-refractivity contribution is 9.10. The average Bonchev–Trinajstić information content (AvgIpc) is 2.42. The van der Waals surface area contributed by atoms with E-state index in [-0.39, 0.29) is 17.9 Å². The van der Waals surface area contributed by atoms with Crippen LogP contribution in [-0.4, -0.2) is 35.8 Å². The summed E-state index contributed by atoms with van der Waals surface area (Å²) in [6, 6.07) is 5.29. The molecular weight excluding hydrogens is 344 g/mol. The van der Waals surface area contributed by atoms with Crippen molar-refractivity contribution >= 4 is 39.3 Å². The van der Waals surface area contributed by atoms with Crippen molar-refractivity contribution in [1.29, 1.82) is 0 Å². The van der Waals surface area contributed by atoms with Crippen LogP contribution in [-0.2, 0) is 4.79 Å². The number of halogens is 2. The molecule has 20 heavy (non-hydrogen) atoms. The molecule has 0 aliphatic carbocycles. The standard InChI is InChI=1S/C14H16BrClN2O2/c1-9(19)18-6-4-11(5-7-18)17-14(20)12-8-10(15)2-3-13(12)16/h2-3,8,11H,4-7H2,1H3,(H,17,20). The summed E-state index contributed by atoms with van der Waals surface area (Å²) in [5.74, 6) is -0.0811. The van der Waals surface area contributed by atoms with Gasteiger partial charge >= 0.3 is 0 Å². The summed E-state index contributed by atoms with van der Waals surface area (Å²) in [7, 11) is 0. The molecule has 1 N–H and O–H groups in total. The van der Waals surface area contributed by atoms with Crippen LogP contribution in [0, 0.1) is 0 Å². The number of hydrogen-bond acceptors (Lipinski definition) is 2. The second-order valence-corrected chi connectivity index (χ2v) is 6.20. The minimum absolute atomic E-state index is 0.0878. The molecule has 1 aromatic rings. The summed E-state index contributed by atoms with van der Waals surface area (Å²) in [5, 5.41) is 3.42. The average molecular weight is 360 g/mol. The number of amides is 2. The predicted octanol–water partition coefficient (Wildman–Crippen LogP) is 2.84. The molecule has 0 spiro atoms. The zero-order valence-corrected chi connectivity index (χ0v) is 13.5. The van der Waals surface area contributed by atoms with E-state index in [0.29, 0.717) is 23.7 Å². The van der Waals surface area contributed by atoms with Gasteiger partial charge < -0.3 is 10.2 Å². The molecule has 0 aromatic heterocycles. The van der Waals surface area contributed by atoms with E-state index in [2.05, 4.69) is 21.2 Å². The lowest BCUT2D eigenvalue weighted by Gasteiger charge is -2.31. The van der Waals surface area contributed by atoms with Crippen molar-refractivity contribution in [2.75, 3.05) is 13.1 Å². The molecule has 0 saturated carbocycles. The van der Waals surface area contributed by atoms with Gasteiger partial charge in [0.2, 0.25) is 5.91 Å². The van der Waals surface area contributed by atoms with Crippen LogP contribution >= 0.6 is 27.5 Å². The van der Waals surface area contributed by atoms with E-state index >= 15 is 0 Å². The van der Waals surface area contributed by atoms with Gasteiger partial charge in [-0.3, -0.25) is 9.59 Å². The van der Waals surface area contributed by atoms with Crippen molar-refractivity contribution in [1.82, 2.24) is 10.2 Å². The van der Waals surface area contributed by atoms with E-state index in [4.69, 9.17) is 11.6 Å². The fraction of sp³-hybridized carbons (Fsp3) is 0.429. The number of piperidine rings is 1. The van der Waals surface area contributed by atoms with Crippen LogP contribution in [0.3, 0.4) is 0 Å². The molecule has 1 heterocycles. The SMILES string of the molecule is CC(=O)N1CCC(NC(=O)c2cc(Br)ccc2Cl)CC1. The van der Waals surface area contributed by atoms with Crippen molar-refractivity contribution in [3.8, 4) is 0 Å².